The molecule has 0 bridgehead atoms. The molecule has 90 valence electrons. The van der Waals surface area contributed by atoms with E-state index >= 15 is 0 Å². The number of benzene rings is 1. The standard InChI is InChI=1S/C9H11F3NO2P/c1-16(13,14)15-8(9(10,11)12)7-5-3-2-4-6-7/h2-6,8H,1H3,(H2,13,14)/t8-,16+/m0/s1. The Morgan fingerprint density at radius 3 is 2.19 bits per heavy atom. The minimum Gasteiger partial charge on any atom is -0.300 e. The second kappa shape index (κ2) is 4.57. The SMILES string of the molecule is C[P@@](N)(=O)O[C@@H](c1ccccc1)C(F)(F)F. The number of hydrogen-bond donors (Lipinski definition) is 1. The molecule has 2 N–H and O–H groups in total. The van der Waals surface area contributed by atoms with E-state index in [0.29, 0.717) is 0 Å². The minimum atomic E-state index is -4.65. The van der Waals surface area contributed by atoms with Crippen molar-refractivity contribution < 1.29 is 22.3 Å². The summed E-state index contributed by atoms with van der Waals surface area (Å²) in [5.74, 6) is 0. The van der Waals surface area contributed by atoms with Crippen LogP contribution >= 0.6 is 7.52 Å². The molecule has 16 heavy (non-hydrogen) atoms. The molecular formula is C9H11F3NO2P. The van der Waals surface area contributed by atoms with E-state index in [2.05, 4.69) is 4.52 Å². The maximum absolute atomic E-state index is 12.6. The van der Waals surface area contributed by atoms with Crippen LogP contribution in [-0.2, 0) is 9.09 Å². The molecule has 0 amide bonds. The van der Waals surface area contributed by atoms with Crippen molar-refractivity contribution in [1.29, 1.82) is 0 Å². The highest BCUT2D eigenvalue weighted by Gasteiger charge is 2.44. The molecule has 0 aromatic heterocycles. The van der Waals surface area contributed by atoms with E-state index in [-0.39, 0.29) is 5.56 Å². The van der Waals surface area contributed by atoms with Crippen molar-refractivity contribution in [3.8, 4) is 0 Å². The van der Waals surface area contributed by atoms with Crippen molar-refractivity contribution in [1.82, 2.24) is 0 Å². The summed E-state index contributed by atoms with van der Waals surface area (Å²) >= 11 is 0. The van der Waals surface area contributed by atoms with E-state index in [1.165, 1.54) is 24.3 Å². The molecule has 2 atom stereocenters. The van der Waals surface area contributed by atoms with Gasteiger partial charge in [-0.15, -0.1) is 0 Å². The average Bonchev–Trinajstić information content (AvgIpc) is 2.13. The van der Waals surface area contributed by atoms with Gasteiger partial charge in [0.15, 0.2) is 6.10 Å². The van der Waals surface area contributed by atoms with E-state index in [1.54, 1.807) is 6.07 Å². The molecule has 0 aliphatic rings. The van der Waals surface area contributed by atoms with E-state index in [4.69, 9.17) is 5.50 Å². The highest BCUT2D eigenvalue weighted by Crippen LogP contribution is 2.46. The van der Waals surface area contributed by atoms with Gasteiger partial charge in [-0.2, -0.15) is 13.2 Å². The molecule has 1 rings (SSSR count). The Balaban J connectivity index is 3.03. The highest BCUT2D eigenvalue weighted by atomic mass is 31.2. The number of alkyl halides is 3. The Kier molecular flexibility index (Phi) is 3.78. The second-order valence-corrected chi connectivity index (χ2v) is 5.37. The van der Waals surface area contributed by atoms with Gasteiger partial charge in [-0.05, 0) is 5.56 Å². The van der Waals surface area contributed by atoms with E-state index < -0.39 is 19.8 Å². The van der Waals surface area contributed by atoms with Gasteiger partial charge < -0.3 is 4.52 Å². The number of halogens is 3. The van der Waals surface area contributed by atoms with Crippen molar-refractivity contribution in [3.05, 3.63) is 35.9 Å². The number of nitrogens with two attached hydrogens (primary N) is 1. The third-order valence-corrected chi connectivity index (χ3v) is 2.34. The molecule has 0 heterocycles. The molecule has 0 spiro atoms. The largest absolute Gasteiger partial charge is 0.419 e. The minimum absolute atomic E-state index is 0.123. The molecule has 7 heteroatoms. The summed E-state index contributed by atoms with van der Waals surface area (Å²) in [5.41, 5.74) is 4.88. The van der Waals surface area contributed by atoms with Gasteiger partial charge in [-0.25, -0.2) is 0 Å². The third-order valence-electron chi connectivity index (χ3n) is 1.71. The van der Waals surface area contributed by atoms with Gasteiger partial charge in [-0.3, -0.25) is 10.1 Å². The molecule has 1 aromatic carbocycles. The predicted octanol–water partition coefficient (Wildman–Crippen LogP) is 3.09. The zero-order chi connectivity index (χ0) is 12.4. The van der Waals surface area contributed by atoms with Crippen LogP contribution in [0.5, 0.6) is 0 Å². The lowest BCUT2D eigenvalue weighted by Crippen LogP contribution is -2.23. The van der Waals surface area contributed by atoms with Crippen LogP contribution < -0.4 is 5.50 Å². The quantitative estimate of drug-likeness (QED) is 0.842. The zero-order valence-electron chi connectivity index (χ0n) is 8.44. The zero-order valence-corrected chi connectivity index (χ0v) is 9.33. The van der Waals surface area contributed by atoms with Crippen molar-refractivity contribution in [2.75, 3.05) is 6.66 Å². The highest BCUT2D eigenvalue weighted by molar-refractivity contribution is 7.55. The van der Waals surface area contributed by atoms with Gasteiger partial charge in [0.2, 0.25) is 0 Å². The molecule has 0 saturated heterocycles. The Morgan fingerprint density at radius 2 is 1.81 bits per heavy atom. The maximum Gasteiger partial charge on any atom is 0.419 e. The molecular weight excluding hydrogens is 242 g/mol. The predicted molar refractivity (Wildman–Crippen MR) is 54.0 cm³/mol. The van der Waals surface area contributed by atoms with Crippen molar-refractivity contribution in [2.24, 2.45) is 5.50 Å². The Morgan fingerprint density at radius 1 is 1.31 bits per heavy atom. The first kappa shape index (κ1) is 13.2. The molecule has 0 saturated carbocycles. The van der Waals surface area contributed by atoms with Crippen LogP contribution in [0.4, 0.5) is 13.2 Å². The molecule has 0 unspecified atom stereocenters. The fraction of sp³-hybridized carbons (Fsp3) is 0.333. The van der Waals surface area contributed by atoms with E-state index in [1.807, 2.05) is 0 Å². The van der Waals surface area contributed by atoms with Crippen LogP contribution in [0.15, 0.2) is 30.3 Å². The monoisotopic (exact) mass is 253 g/mol. The maximum atomic E-state index is 12.6. The van der Waals surface area contributed by atoms with Gasteiger partial charge in [0.25, 0.3) is 7.52 Å². The first-order valence-electron chi connectivity index (χ1n) is 4.36. The Labute approximate surface area is 90.9 Å². The third kappa shape index (κ3) is 3.96. The molecule has 3 nitrogen and oxygen atoms in total. The molecule has 1 aromatic rings. The molecule has 0 fully saturated rings. The van der Waals surface area contributed by atoms with Crippen LogP contribution in [-0.4, -0.2) is 12.8 Å². The van der Waals surface area contributed by atoms with Crippen LogP contribution in [0.3, 0.4) is 0 Å². The summed E-state index contributed by atoms with van der Waals surface area (Å²) in [7, 11) is -3.70. The summed E-state index contributed by atoms with van der Waals surface area (Å²) < 4.78 is 53.4. The number of rotatable bonds is 3. The second-order valence-electron chi connectivity index (χ2n) is 3.35. The summed E-state index contributed by atoms with van der Waals surface area (Å²) in [6.45, 7) is 0.939. The van der Waals surface area contributed by atoms with Crippen LogP contribution in [0.25, 0.3) is 0 Å². The first-order chi connectivity index (χ1) is 7.20. The van der Waals surface area contributed by atoms with Gasteiger partial charge in [0, 0.05) is 6.66 Å². The lowest BCUT2D eigenvalue weighted by molar-refractivity contribution is -0.197. The fourth-order valence-corrected chi connectivity index (χ4v) is 1.81. The lowest BCUT2D eigenvalue weighted by atomic mass is 10.1. The van der Waals surface area contributed by atoms with E-state index in [0.717, 1.165) is 6.66 Å². The normalized spacial score (nSPS) is 17.8. The molecule has 0 aliphatic carbocycles. The van der Waals surface area contributed by atoms with Gasteiger partial charge >= 0.3 is 6.18 Å². The van der Waals surface area contributed by atoms with Crippen LogP contribution in [0.1, 0.15) is 11.7 Å². The van der Waals surface area contributed by atoms with Crippen LogP contribution in [0.2, 0.25) is 0 Å². The van der Waals surface area contributed by atoms with Crippen molar-refractivity contribution in [3.63, 3.8) is 0 Å². The first-order valence-corrected chi connectivity index (χ1v) is 6.50. The van der Waals surface area contributed by atoms with Gasteiger partial charge in [-0.1, -0.05) is 30.3 Å². The molecule has 0 aliphatic heterocycles. The summed E-state index contributed by atoms with van der Waals surface area (Å²) in [6.07, 6.45) is -6.90. The average molecular weight is 253 g/mol. The Bertz CT molecular complexity index is 387. The van der Waals surface area contributed by atoms with Gasteiger partial charge in [0.05, 0.1) is 0 Å². The molecule has 0 radical (unpaired) electrons. The van der Waals surface area contributed by atoms with E-state index in [9.17, 15) is 17.7 Å². The smallest absolute Gasteiger partial charge is 0.300 e. The Hall–Kier alpha value is -0.840. The summed E-state index contributed by atoms with van der Waals surface area (Å²) in [6, 6.07) is 6.94. The summed E-state index contributed by atoms with van der Waals surface area (Å²) in [4.78, 5) is 0. The lowest BCUT2D eigenvalue weighted by Gasteiger charge is -2.22. The van der Waals surface area contributed by atoms with Gasteiger partial charge in [0.1, 0.15) is 0 Å². The number of hydrogen-bond acceptors (Lipinski definition) is 2. The van der Waals surface area contributed by atoms with Crippen molar-refractivity contribution >= 4 is 7.52 Å². The summed E-state index contributed by atoms with van der Waals surface area (Å²) in [5, 5.41) is 0. The van der Waals surface area contributed by atoms with Crippen molar-refractivity contribution in [2.45, 2.75) is 12.3 Å². The topological polar surface area (TPSA) is 52.3 Å². The fourth-order valence-electron chi connectivity index (χ4n) is 1.15. The van der Waals surface area contributed by atoms with Crippen LogP contribution in [0, 0.1) is 0 Å².